The van der Waals surface area contributed by atoms with E-state index in [4.69, 9.17) is 4.74 Å². The van der Waals surface area contributed by atoms with Crippen molar-refractivity contribution in [3.8, 4) is 5.75 Å². The summed E-state index contributed by atoms with van der Waals surface area (Å²) in [6.07, 6.45) is 1.57. The zero-order chi connectivity index (χ0) is 17.1. The standard InChI is InChI=1S/C15H21NO5S2/c1-3-9-16-14-10-22(17,18)11-15(14)23(19,20)13-7-5-12(6-8-13)21-4-2/h3,5-8,14-16H,1,4,9-11H2,2H3/t14-,15-/m1/s1. The largest absolute Gasteiger partial charge is 0.494 e. The lowest BCUT2D eigenvalue weighted by Crippen LogP contribution is -2.43. The first-order valence-electron chi connectivity index (χ1n) is 7.31. The fraction of sp³-hybridized carbons (Fsp3) is 0.467. The summed E-state index contributed by atoms with van der Waals surface area (Å²) in [6.45, 7) is 6.24. The molecule has 0 radical (unpaired) electrons. The SMILES string of the molecule is C=CCN[C@@H]1CS(=O)(=O)C[C@H]1S(=O)(=O)c1ccc(OCC)cc1. The van der Waals surface area contributed by atoms with Gasteiger partial charge in [-0.25, -0.2) is 16.8 Å². The Morgan fingerprint density at radius 1 is 1.30 bits per heavy atom. The molecule has 1 N–H and O–H groups in total. The quantitative estimate of drug-likeness (QED) is 0.725. The van der Waals surface area contributed by atoms with Crippen molar-refractivity contribution in [1.82, 2.24) is 5.32 Å². The Balaban J connectivity index is 2.30. The van der Waals surface area contributed by atoms with E-state index < -0.39 is 31.0 Å². The van der Waals surface area contributed by atoms with Gasteiger partial charge < -0.3 is 10.1 Å². The summed E-state index contributed by atoms with van der Waals surface area (Å²) in [4.78, 5) is 0.105. The van der Waals surface area contributed by atoms with Crippen molar-refractivity contribution in [3.63, 3.8) is 0 Å². The van der Waals surface area contributed by atoms with E-state index in [1.807, 2.05) is 6.92 Å². The zero-order valence-corrected chi connectivity index (χ0v) is 14.6. The highest BCUT2D eigenvalue weighted by atomic mass is 32.2. The van der Waals surface area contributed by atoms with E-state index in [1.54, 1.807) is 18.2 Å². The molecule has 6 nitrogen and oxygen atoms in total. The van der Waals surface area contributed by atoms with E-state index in [0.717, 1.165) is 0 Å². The molecule has 1 aromatic carbocycles. The summed E-state index contributed by atoms with van der Waals surface area (Å²) in [7, 11) is -7.14. The highest BCUT2D eigenvalue weighted by molar-refractivity contribution is 7.96. The van der Waals surface area contributed by atoms with Gasteiger partial charge in [-0.15, -0.1) is 6.58 Å². The molecule has 23 heavy (non-hydrogen) atoms. The Kier molecular flexibility index (Phi) is 5.49. The molecule has 1 aliphatic heterocycles. The molecule has 0 saturated carbocycles. The number of hydrogen-bond acceptors (Lipinski definition) is 6. The maximum atomic E-state index is 12.8. The van der Waals surface area contributed by atoms with Gasteiger partial charge in [0.1, 0.15) is 5.75 Å². The third kappa shape index (κ3) is 4.13. The summed E-state index contributed by atoms with van der Waals surface area (Å²) < 4.78 is 54.6. The summed E-state index contributed by atoms with van der Waals surface area (Å²) in [5.41, 5.74) is 0. The van der Waals surface area contributed by atoms with Gasteiger partial charge in [-0.05, 0) is 31.2 Å². The Morgan fingerprint density at radius 3 is 2.52 bits per heavy atom. The second-order valence-corrected chi connectivity index (χ2v) is 9.69. The van der Waals surface area contributed by atoms with Gasteiger partial charge in [-0.1, -0.05) is 6.08 Å². The number of rotatable bonds is 7. The van der Waals surface area contributed by atoms with Gasteiger partial charge in [0, 0.05) is 12.6 Å². The lowest BCUT2D eigenvalue weighted by atomic mass is 10.2. The third-order valence-electron chi connectivity index (χ3n) is 3.69. The van der Waals surface area contributed by atoms with Crippen LogP contribution in [0.4, 0.5) is 0 Å². The first-order valence-corrected chi connectivity index (χ1v) is 10.7. The lowest BCUT2D eigenvalue weighted by Gasteiger charge is -2.19. The first-order chi connectivity index (χ1) is 10.8. The van der Waals surface area contributed by atoms with Gasteiger partial charge >= 0.3 is 0 Å². The summed E-state index contributed by atoms with van der Waals surface area (Å²) in [5.74, 6) is 0.0332. The van der Waals surface area contributed by atoms with Crippen LogP contribution in [0.25, 0.3) is 0 Å². The Labute approximate surface area is 137 Å². The van der Waals surface area contributed by atoms with Crippen LogP contribution in [0.3, 0.4) is 0 Å². The van der Waals surface area contributed by atoms with E-state index in [-0.39, 0.29) is 16.4 Å². The van der Waals surface area contributed by atoms with Gasteiger partial charge in [-0.3, -0.25) is 0 Å². The van der Waals surface area contributed by atoms with Gasteiger partial charge in [0.05, 0.1) is 28.3 Å². The fourth-order valence-corrected chi connectivity index (χ4v) is 7.33. The van der Waals surface area contributed by atoms with Crippen molar-refractivity contribution in [2.45, 2.75) is 23.1 Å². The molecule has 2 atom stereocenters. The fourth-order valence-electron chi connectivity index (χ4n) is 2.61. The monoisotopic (exact) mass is 359 g/mol. The van der Waals surface area contributed by atoms with Crippen LogP contribution in [0.1, 0.15) is 6.92 Å². The molecule has 1 heterocycles. The maximum absolute atomic E-state index is 12.8. The van der Waals surface area contributed by atoms with Crippen LogP contribution in [0.5, 0.6) is 5.75 Å². The van der Waals surface area contributed by atoms with Crippen molar-refractivity contribution >= 4 is 19.7 Å². The van der Waals surface area contributed by atoms with Crippen molar-refractivity contribution in [1.29, 1.82) is 0 Å². The summed E-state index contributed by atoms with van der Waals surface area (Å²) in [6, 6.07) is 5.43. The topological polar surface area (TPSA) is 89.5 Å². The van der Waals surface area contributed by atoms with Gasteiger partial charge in [0.2, 0.25) is 0 Å². The van der Waals surface area contributed by atoms with Crippen LogP contribution in [0.15, 0.2) is 41.8 Å². The smallest absolute Gasteiger partial charge is 0.183 e. The van der Waals surface area contributed by atoms with Crippen molar-refractivity contribution in [2.75, 3.05) is 24.7 Å². The van der Waals surface area contributed by atoms with E-state index >= 15 is 0 Å². The Morgan fingerprint density at radius 2 is 1.96 bits per heavy atom. The van der Waals surface area contributed by atoms with E-state index in [1.165, 1.54) is 12.1 Å². The Hall–Kier alpha value is -1.38. The molecule has 0 aliphatic carbocycles. The van der Waals surface area contributed by atoms with E-state index in [2.05, 4.69) is 11.9 Å². The van der Waals surface area contributed by atoms with Gasteiger partial charge in [-0.2, -0.15) is 0 Å². The minimum Gasteiger partial charge on any atom is -0.494 e. The van der Waals surface area contributed by atoms with Crippen molar-refractivity contribution in [2.24, 2.45) is 0 Å². The minimum absolute atomic E-state index is 0.105. The van der Waals surface area contributed by atoms with Crippen LogP contribution >= 0.6 is 0 Å². The predicted molar refractivity (Wildman–Crippen MR) is 89.2 cm³/mol. The first kappa shape index (κ1) is 18.0. The van der Waals surface area contributed by atoms with Crippen molar-refractivity contribution < 1.29 is 21.6 Å². The van der Waals surface area contributed by atoms with E-state index in [9.17, 15) is 16.8 Å². The van der Waals surface area contributed by atoms with Gasteiger partial charge in [0.25, 0.3) is 0 Å². The number of benzene rings is 1. The molecule has 0 bridgehead atoms. The van der Waals surface area contributed by atoms with Crippen LogP contribution in [-0.4, -0.2) is 52.8 Å². The molecule has 1 aromatic rings. The average Bonchev–Trinajstić information content (AvgIpc) is 2.82. The predicted octanol–water partition coefficient (Wildman–Crippen LogP) is 0.800. The second-order valence-electron chi connectivity index (χ2n) is 5.37. The minimum atomic E-state index is -3.75. The Bertz CT molecular complexity index is 754. The lowest BCUT2D eigenvalue weighted by molar-refractivity contribution is 0.340. The molecule has 1 aliphatic rings. The third-order valence-corrected chi connectivity index (χ3v) is 7.85. The summed E-state index contributed by atoms with van der Waals surface area (Å²) in [5, 5.41) is 1.95. The van der Waals surface area contributed by atoms with Crippen LogP contribution in [0.2, 0.25) is 0 Å². The molecule has 1 fully saturated rings. The molecule has 0 spiro atoms. The number of sulfone groups is 2. The molecular weight excluding hydrogens is 338 g/mol. The highest BCUT2D eigenvalue weighted by Gasteiger charge is 2.45. The van der Waals surface area contributed by atoms with E-state index in [0.29, 0.717) is 18.9 Å². The average molecular weight is 359 g/mol. The number of ether oxygens (including phenoxy) is 1. The van der Waals surface area contributed by atoms with Crippen LogP contribution in [-0.2, 0) is 19.7 Å². The van der Waals surface area contributed by atoms with Gasteiger partial charge in [0.15, 0.2) is 19.7 Å². The van der Waals surface area contributed by atoms with Crippen LogP contribution in [0, 0.1) is 0 Å². The van der Waals surface area contributed by atoms with Crippen molar-refractivity contribution in [3.05, 3.63) is 36.9 Å². The second kappa shape index (κ2) is 7.02. The molecule has 0 aromatic heterocycles. The number of nitrogens with one attached hydrogen (secondary N) is 1. The maximum Gasteiger partial charge on any atom is 0.183 e. The molecule has 0 unspecified atom stereocenters. The number of hydrogen-bond donors (Lipinski definition) is 1. The highest BCUT2D eigenvalue weighted by Crippen LogP contribution is 2.27. The summed E-state index contributed by atoms with van der Waals surface area (Å²) >= 11 is 0. The molecular formula is C15H21NO5S2. The molecule has 0 amide bonds. The van der Waals surface area contributed by atoms with Crippen LogP contribution < -0.4 is 10.1 Å². The molecule has 128 valence electrons. The normalized spacial score (nSPS) is 23.5. The molecule has 2 rings (SSSR count). The molecule has 8 heteroatoms. The molecule has 1 saturated heterocycles. The zero-order valence-electron chi connectivity index (χ0n) is 12.9.